The molecule has 1 aliphatic rings. The summed E-state index contributed by atoms with van der Waals surface area (Å²) >= 11 is 0. The molecule has 0 radical (unpaired) electrons. The summed E-state index contributed by atoms with van der Waals surface area (Å²) in [6.07, 6.45) is 1.33. The molecule has 2 heterocycles. The second-order valence-electron chi connectivity index (χ2n) is 6.63. The zero-order valence-corrected chi connectivity index (χ0v) is 15.1. The lowest BCUT2D eigenvalue weighted by molar-refractivity contribution is -0.127. The van der Waals surface area contributed by atoms with Crippen LogP contribution in [0.3, 0.4) is 0 Å². The maximum absolute atomic E-state index is 12.7. The number of H-pyrrole nitrogens is 1. The molecule has 2 N–H and O–H groups in total. The highest BCUT2D eigenvalue weighted by atomic mass is 16.6. The van der Waals surface area contributed by atoms with Crippen molar-refractivity contribution in [2.45, 2.75) is 12.5 Å². The van der Waals surface area contributed by atoms with Gasteiger partial charge in [0.15, 0.2) is 6.61 Å². The van der Waals surface area contributed by atoms with E-state index in [-0.39, 0.29) is 25.5 Å². The molecule has 0 spiro atoms. The van der Waals surface area contributed by atoms with Crippen LogP contribution in [0, 0.1) is 0 Å². The Morgan fingerprint density at radius 2 is 1.86 bits per heavy atom. The number of benzene rings is 2. The number of fused-ring (bicyclic) bond motifs is 1. The number of nitrogens with zero attached hydrogens (tertiary/aromatic N) is 1. The number of amides is 3. The summed E-state index contributed by atoms with van der Waals surface area (Å²) in [5, 5.41) is 3.94. The molecule has 1 aromatic heterocycles. The number of nitrogens with one attached hydrogen (secondary N) is 2. The molecule has 7 nitrogen and oxygen atoms in total. The molecular weight excluding hydrogens is 358 g/mol. The number of aromatic nitrogens is 1. The summed E-state index contributed by atoms with van der Waals surface area (Å²) in [7, 11) is 0. The topological polar surface area (TPSA) is 91.5 Å². The molecule has 3 aromatic rings. The van der Waals surface area contributed by atoms with Crippen molar-refractivity contribution in [3.63, 3.8) is 0 Å². The molecule has 3 amide bonds. The predicted octanol–water partition coefficient (Wildman–Crippen LogP) is 2.55. The number of cyclic esters (lactones) is 1. The first-order chi connectivity index (χ1) is 13.6. The minimum Gasteiger partial charge on any atom is -0.439 e. The average molecular weight is 377 g/mol. The van der Waals surface area contributed by atoms with Crippen molar-refractivity contribution in [1.29, 1.82) is 0 Å². The molecule has 0 unspecified atom stereocenters. The minimum atomic E-state index is -0.684. The Labute approximate surface area is 161 Å². The lowest BCUT2D eigenvalue weighted by Crippen LogP contribution is -2.40. The first-order valence-corrected chi connectivity index (χ1v) is 8.98. The Hall–Kier alpha value is -3.61. The molecule has 4 rings (SSSR count). The molecule has 0 bridgehead atoms. The number of carbonyl (C=O) groups is 3. The van der Waals surface area contributed by atoms with E-state index in [1.807, 2.05) is 60.8 Å². The maximum Gasteiger partial charge on any atom is 0.417 e. The minimum absolute atomic E-state index is 0.0291. The van der Waals surface area contributed by atoms with Crippen molar-refractivity contribution in [3.05, 3.63) is 71.9 Å². The van der Waals surface area contributed by atoms with Crippen LogP contribution in [0.4, 0.5) is 4.79 Å². The first kappa shape index (κ1) is 17.8. The van der Waals surface area contributed by atoms with Gasteiger partial charge >= 0.3 is 6.09 Å². The maximum atomic E-state index is 12.7. The largest absolute Gasteiger partial charge is 0.439 e. The van der Waals surface area contributed by atoms with Crippen LogP contribution in [0.1, 0.15) is 17.2 Å². The lowest BCUT2D eigenvalue weighted by atomic mass is 10.1. The Morgan fingerprint density at radius 3 is 2.61 bits per heavy atom. The van der Waals surface area contributed by atoms with Gasteiger partial charge in [-0.3, -0.25) is 9.59 Å². The number of imide groups is 1. The molecule has 1 fully saturated rings. The molecule has 1 atom stereocenters. The number of aromatic amines is 1. The fourth-order valence-corrected chi connectivity index (χ4v) is 3.36. The van der Waals surface area contributed by atoms with E-state index < -0.39 is 18.0 Å². The number of rotatable bonds is 6. The monoisotopic (exact) mass is 377 g/mol. The SMILES string of the molecule is O=C(Cc1c[nH]c2ccccc12)N[C@@H](CN1C(=O)COC1=O)c1ccccc1. The van der Waals surface area contributed by atoms with E-state index in [0.29, 0.717) is 0 Å². The number of hydrogen-bond donors (Lipinski definition) is 2. The summed E-state index contributed by atoms with van der Waals surface area (Å²) < 4.78 is 4.77. The smallest absolute Gasteiger partial charge is 0.417 e. The highest BCUT2D eigenvalue weighted by Crippen LogP contribution is 2.20. The van der Waals surface area contributed by atoms with Crippen molar-refractivity contribution < 1.29 is 19.1 Å². The lowest BCUT2D eigenvalue weighted by Gasteiger charge is -2.22. The highest BCUT2D eigenvalue weighted by molar-refractivity contribution is 5.98. The van der Waals surface area contributed by atoms with Crippen LogP contribution in [0.15, 0.2) is 60.8 Å². The zero-order valence-electron chi connectivity index (χ0n) is 15.1. The fourth-order valence-electron chi connectivity index (χ4n) is 3.36. The summed E-state index contributed by atoms with van der Waals surface area (Å²) in [6, 6.07) is 16.5. The van der Waals surface area contributed by atoms with Gasteiger partial charge in [0, 0.05) is 17.1 Å². The number of ether oxygens (including phenoxy) is 1. The molecule has 0 aliphatic carbocycles. The molecule has 7 heteroatoms. The van der Waals surface area contributed by atoms with Gasteiger partial charge in [-0.15, -0.1) is 0 Å². The fraction of sp³-hybridized carbons (Fsp3) is 0.190. The van der Waals surface area contributed by atoms with Crippen LogP contribution in [0.5, 0.6) is 0 Å². The van der Waals surface area contributed by atoms with Crippen LogP contribution in [-0.2, 0) is 20.7 Å². The average Bonchev–Trinajstić information content (AvgIpc) is 3.26. The Bertz CT molecular complexity index is 1010. The summed E-state index contributed by atoms with van der Waals surface area (Å²) in [5.74, 6) is -0.601. The standard InChI is InChI=1S/C21H19N3O4/c25-19(10-15-11-22-17-9-5-4-8-16(15)17)23-18(14-6-2-1-3-7-14)12-24-20(26)13-28-21(24)27/h1-9,11,18,22H,10,12-13H2,(H,23,25)/t18-/m0/s1. The Morgan fingerprint density at radius 1 is 1.11 bits per heavy atom. The van der Waals surface area contributed by atoms with E-state index in [1.165, 1.54) is 0 Å². The van der Waals surface area contributed by atoms with Gasteiger partial charge < -0.3 is 15.0 Å². The van der Waals surface area contributed by atoms with Crippen LogP contribution in [-0.4, -0.2) is 40.9 Å². The Balaban J connectivity index is 1.52. The molecule has 28 heavy (non-hydrogen) atoms. The van der Waals surface area contributed by atoms with Crippen molar-refractivity contribution in [1.82, 2.24) is 15.2 Å². The third-order valence-corrected chi connectivity index (χ3v) is 4.77. The van der Waals surface area contributed by atoms with E-state index >= 15 is 0 Å². The van der Waals surface area contributed by atoms with E-state index in [9.17, 15) is 14.4 Å². The summed E-state index contributed by atoms with van der Waals surface area (Å²) in [5.41, 5.74) is 2.66. The summed E-state index contributed by atoms with van der Waals surface area (Å²) in [4.78, 5) is 40.6. The number of hydrogen-bond acceptors (Lipinski definition) is 4. The van der Waals surface area contributed by atoms with Crippen LogP contribution >= 0.6 is 0 Å². The molecule has 1 aliphatic heterocycles. The quantitative estimate of drug-likeness (QED) is 0.691. The summed E-state index contributed by atoms with van der Waals surface area (Å²) in [6.45, 7) is -0.231. The third-order valence-electron chi connectivity index (χ3n) is 4.77. The van der Waals surface area contributed by atoms with Crippen LogP contribution in [0.25, 0.3) is 10.9 Å². The van der Waals surface area contributed by atoms with Gasteiger partial charge in [-0.1, -0.05) is 48.5 Å². The van der Waals surface area contributed by atoms with Crippen LogP contribution < -0.4 is 5.32 Å². The van der Waals surface area contributed by atoms with Gasteiger partial charge in [-0.2, -0.15) is 0 Å². The van der Waals surface area contributed by atoms with E-state index in [0.717, 1.165) is 26.9 Å². The van der Waals surface area contributed by atoms with Gasteiger partial charge in [0.25, 0.3) is 5.91 Å². The van der Waals surface area contributed by atoms with E-state index in [2.05, 4.69) is 10.3 Å². The van der Waals surface area contributed by atoms with Crippen LogP contribution in [0.2, 0.25) is 0 Å². The molecular formula is C21H19N3O4. The van der Waals surface area contributed by atoms with Crippen molar-refractivity contribution >= 4 is 28.8 Å². The molecule has 0 saturated carbocycles. The predicted molar refractivity (Wildman–Crippen MR) is 102 cm³/mol. The van der Waals surface area contributed by atoms with Gasteiger partial charge in [0.1, 0.15) is 0 Å². The van der Waals surface area contributed by atoms with Crippen molar-refractivity contribution in [2.24, 2.45) is 0 Å². The van der Waals surface area contributed by atoms with Gasteiger partial charge in [-0.25, -0.2) is 9.69 Å². The third kappa shape index (κ3) is 3.59. The highest BCUT2D eigenvalue weighted by Gasteiger charge is 2.33. The molecule has 142 valence electrons. The normalized spacial score (nSPS) is 14.9. The second kappa shape index (κ2) is 7.56. The number of carbonyl (C=O) groups excluding carboxylic acids is 3. The molecule has 2 aromatic carbocycles. The van der Waals surface area contributed by atoms with E-state index in [4.69, 9.17) is 4.74 Å². The van der Waals surface area contributed by atoms with Gasteiger partial charge in [0.2, 0.25) is 5.91 Å². The van der Waals surface area contributed by atoms with Gasteiger partial charge in [0.05, 0.1) is 19.0 Å². The molecule has 1 saturated heterocycles. The van der Waals surface area contributed by atoms with Crippen molar-refractivity contribution in [2.75, 3.05) is 13.2 Å². The van der Waals surface area contributed by atoms with E-state index in [1.54, 1.807) is 0 Å². The zero-order chi connectivity index (χ0) is 19.5. The first-order valence-electron chi connectivity index (χ1n) is 8.98. The van der Waals surface area contributed by atoms with Crippen molar-refractivity contribution in [3.8, 4) is 0 Å². The Kier molecular flexibility index (Phi) is 4.80. The van der Waals surface area contributed by atoms with Gasteiger partial charge in [-0.05, 0) is 17.2 Å². The second-order valence-corrected chi connectivity index (χ2v) is 6.63. The number of para-hydroxylation sites is 1.